The lowest BCUT2D eigenvalue weighted by atomic mass is 10.0. The summed E-state index contributed by atoms with van der Waals surface area (Å²) in [6, 6.07) is 8.63. The van der Waals surface area contributed by atoms with Gasteiger partial charge in [-0.15, -0.1) is 22.7 Å². The third-order valence-corrected chi connectivity index (χ3v) is 9.16. The van der Waals surface area contributed by atoms with Gasteiger partial charge < -0.3 is 25.8 Å². The summed E-state index contributed by atoms with van der Waals surface area (Å²) in [6.45, 7) is 4.13. The van der Waals surface area contributed by atoms with Crippen LogP contribution in [0.4, 0.5) is 0 Å². The number of carbonyl (C=O) groups excluding carboxylic acids is 5. The van der Waals surface area contributed by atoms with Crippen LogP contribution in [0.15, 0.2) is 41.1 Å². The highest BCUT2D eigenvalue weighted by atomic mass is 32.1. The Hall–Kier alpha value is -4.17. The van der Waals surface area contributed by atoms with Crippen LogP contribution < -0.4 is 16.0 Å². The molecule has 12 nitrogen and oxygen atoms in total. The van der Waals surface area contributed by atoms with Gasteiger partial charge in [-0.2, -0.15) is 0 Å². The Morgan fingerprint density at radius 2 is 1.62 bits per heavy atom. The molecule has 3 N–H and O–H groups in total. The molecule has 2 atom stereocenters. The zero-order valence-electron chi connectivity index (χ0n) is 25.9. The summed E-state index contributed by atoms with van der Waals surface area (Å²) >= 11 is 2.57. The van der Waals surface area contributed by atoms with Gasteiger partial charge in [0.15, 0.2) is 0 Å². The van der Waals surface area contributed by atoms with Crippen molar-refractivity contribution in [2.24, 2.45) is 5.92 Å². The first-order valence-corrected chi connectivity index (χ1v) is 16.6. The summed E-state index contributed by atoms with van der Waals surface area (Å²) < 4.78 is 0. The number of rotatable bonds is 6. The fourth-order valence-electron chi connectivity index (χ4n) is 4.73. The summed E-state index contributed by atoms with van der Waals surface area (Å²) in [5.41, 5.74) is 1.41. The van der Waals surface area contributed by atoms with E-state index < -0.39 is 18.0 Å². The summed E-state index contributed by atoms with van der Waals surface area (Å²) in [7, 11) is 3.24. The van der Waals surface area contributed by atoms with Crippen LogP contribution in [0.3, 0.4) is 0 Å². The van der Waals surface area contributed by atoms with E-state index in [1.54, 1.807) is 24.9 Å². The predicted octanol–water partition coefficient (Wildman–Crippen LogP) is 2.96. The second-order valence-corrected chi connectivity index (χ2v) is 13.1. The molecule has 1 aliphatic heterocycles. The van der Waals surface area contributed by atoms with Gasteiger partial charge in [0.1, 0.15) is 21.4 Å². The van der Waals surface area contributed by atoms with E-state index in [2.05, 4.69) is 25.9 Å². The van der Waals surface area contributed by atoms with Crippen molar-refractivity contribution >= 4 is 52.2 Å². The third kappa shape index (κ3) is 9.41. The van der Waals surface area contributed by atoms with Gasteiger partial charge >= 0.3 is 0 Å². The van der Waals surface area contributed by atoms with Crippen LogP contribution in [-0.4, -0.2) is 83.0 Å². The molecule has 2 aromatic heterocycles. The Balaban J connectivity index is 1.63. The zero-order valence-corrected chi connectivity index (χ0v) is 27.5. The lowest BCUT2D eigenvalue weighted by molar-refractivity contribution is -0.138. The fraction of sp³-hybridized carbons (Fsp3) is 0.452. The van der Waals surface area contributed by atoms with Crippen LogP contribution in [0, 0.1) is 5.92 Å². The second-order valence-electron chi connectivity index (χ2n) is 11.4. The minimum atomic E-state index is -0.553. The molecule has 4 bridgehead atoms. The van der Waals surface area contributed by atoms with Crippen molar-refractivity contribution in [1.29, 1.82) is 0 Å². The van der Waals surface area contributed by atoms with Crippen LogP contribution in [0.5, 0.6) is 0 Å². The van der Waals surface area contributed by atoms with E-state index in [-0.39, 0.29) is 73.4 Å². The molecular weight excluding hydrogens is 615 g/mol. The molecule has 1 aliphatic rings. The van der Waals surface area contributed by atoms with Crippen molar-refractivity contribution in [3.8, 4) is 0 Å². The van der Waals surface area contributed by atoms with E-state index in [1.165, 1.54) is 32.5 Å². The molecule has 0 unspecified atom stereocenters. The predicted molar refractivity (Wildman–Crippen MR) is 172 cm³/mol. The molecule has 0 saturated carbocycles. The van der Waals surface area contributed by atoms with Gasteiger partial charge in [-0.1, -0.05) is 44.2 Å². The van der Waals surface area contributed by atoms with Crippen molar-refractivity contribution in [3.05, 3.63) is 68.1 Å². The zero-order chi connectivity index (χ0) is 32.5. The summed E-state index contributed by atoms with van der Waals surface area (Å²) in [5.74, 6) is -1.69. The Morgan fingerprint density at radius 3 is 2.31 bits per heavy atom. The van der Waals surface area contributed by atoms with Crippen LogP contribution >= 0.6 is 22.7 Å². The third-order valence-electron chi connectivity index (χ3n) is 7.27. The lowest BCUT2D eigenvalue weighted by Gasteiger charge is -2.24. The fourth-order valence-corrected chi connectivity index (χ4v) is 6.60. The summed E-state index contributed by atoms with van der Waals surface area (Å²) in [6.07, 6.45) is 0.783. The highest BCUT2D eigenvalue weighted by molar-refractivity contribution is 7.10. The molecule has 0 radical (unpaired) electrons. The quantitative estimate of drug-likeness (QED) is 0.370. The van der Waals surface area contributed by atoms with Gasteiger partial charge in [0.25, 0.3) is 11.8 Å². The standard InChI is InChI=1S/C31H39N7O5S2/c1-19(2)27-31-35-22(17-45-31)28(42)32-13-8-14-38(26(41)12-11-25(40)37(3)4)16-24(39)33-21(15-20-9-6-5-7-10-20)30-34-23(18-44-30)29(43)36-27/h5-7,9-10,17-19,21,27H,8,11-16H2,1-4H3,(H,32,42)(H,33,39)(H,36,43)/t21-,27-/m0/s1. The molecule has 3 heterocycles. The number of benzene rings is 1. The second kappa shape index (κ2) is 15.7. The van der Waals surface area contributed by atoms with Crippen LogP contribution in [0.25, 0.3) is 0 Å². The summed E-state index contributed by atoms with van der Waals surface area (Å²) in [5, 5.41) is 13.3. The average Bonchev–Trinajstić information content (AvgIpc) is 3.70. The maximum atomic E-state index is 13.4. The summed E-state index contributed by atoms with van der Waals surface area (Å²) in [4.78, 5) is 76.9. The number of aromatic nitrogens is 2. The van der Waals surface area contributed by atoms with Crippen molar-refractivity contribution in [2.45, 2.75) is 51.6 Å². The first-order chi connectivity index (χ1) is 21.5. The molecule has 0 aliphatic carbocycles. The number of amides is 5. The number of nitrogens with zero attached hydrogens (tertiary/aromatic N) is 4. The highest BCUT2D eigenvalue weighted by Crippen LogP contribution is 2.27. The molecule has 0 saturated heterocycles. The Labute approximate surface area is 270 Å². The monoisotopic (exact) mass is 653 g/mol. The molecule has 5 amide bonds. The van der Waals surface area contributed by atoms with Gasteiger partial charge in [0.05, 0.1) is 18.6 Å². The average molecular weight is 654 g/mol. The van der Waals surface area contributed by atoms with E-state index >= 15 is 0 Å². The Morgan fingerprint density at radius 1 is 0.956 bits per heavy atom. The molecule has 0 spiro atoms. The van der Waals surface area contributed by atoms with E-state index in [0.29, 0.717) is 22.9 Å². The van der Waals surface area contributed by atoms with Crippen LogP contribution in [-0.2, 0) is 20.8 Å². The van der Waals surface area contributed by atoms with Gasteiger partial charge in [0, 0.05) is 50.8 Å². The molecule has 45 heavy (non-hydrogen) atoms. The minimum absolute atomic E-state index is 0.00937. The first-order valence-electron chi connectivity index (χ1n) is 14.8. The van der Waals surface area contributed by atoms with E-state index in [0.717, 1.165) is 5.56 Å². The largest absolute Gasteiger partial charge is 0.351 e. The molecule has 14 heteroatoms. The van der Waals surface area contributed by atoms with Gasteiger partial charge in [-0.05, 0) is 24.3 Å². The van der Waals surface area contributed by atoms with Gasteiger partial charge in [-0.3, -0.25) is 24.0 Å². The number of nitrogens with one attached hydrogen (secondary N) is 3. The maximum Gasteiger partial charge on any atom is 0.271 e. The van der Waals surface area contributed by atoms with Gasteiger partial charge in [0.2, 0.25) is 17.7 Å². The minimum Gasteiger partial charge on any atom is -0.351 e. The Bertz CT molecular complexity index is 1500. The van der Waals surface area contributed by atoms with Crippen molar-refractivity contribution in [1.82, 2.24) is 35.7 Å². The number of thiazole rings is 2. The SMILES string of the molecule is CC(C)[C@@H]1NC(=O)c2csc(n2)[C@H](Cc2ccccc2)NC(=O)CN(C(=O)CCC(=O)N(C)C)CCCNC(=O)c2csc1n2. The van der Waals surface area contributed by atoms with Crippen molar-refractivity contribution in [2.75, 3.05) is 33.7 Å². The molecule has 0 fully saturated rings. The van der Waals surface area contributed by atoms with E-state index in [4.69, 9.17) is 0 Å². The highest BCUT2D eigenvalue weighted by Gasteiger charge is 2.27. The van der Waals surface area contributed by atoms with Crippen molar-refractivity contribution < 1.29 is 24.0 Å². The molecular formula is C31H39N7O5S2. The normalized spacial score (nSPS) is 18.2. The topological polar surface area (TPSA) is 154 Å². The molecule has 1 aromatic carbocycles. The van der Waals surface area contributed by atoms with E-state index in [1.807, 2.05) is 44.2 Å². The molecule has 240 valence electrons. The van der Waals surface area contributed by atoms with Crippen molar-refractivity contribution in [3.63, 3.8) is 0 Å². The molecule has 3 aromatic rings. The maximum absolute atomic E-state index is 13.4. The number of fused-ring (bicyclic) bond motifs is 4. The smallest absolute Gasteiger partial charge is 0.271 e. The van der Waals surface area contributed by atoms with Crippen LogP contribution in [0.2, 0.25) is 0 Å². The van der Waals surface area contributed by atoms with Crippen LogP contribution in [0.1, 0.15) is 81.7 Å². The first kappa shape index (κ1) is 33.7. The Kier molecular flexibility index (Phi) is 11.8. The lowest BCUT2D eigenvalue weighted by Crippen LogP contribution is -2.43. The number of carbonyl (C=O) groups is 5. The van der Waals surface area contributed by atoms with E-state index in [9.17, 15) is 24.0 Å². The number of hydrogen-bond donors (Lipinski definition) is 3. The van der Waals surface area contributed by atoms with Gasteiger partial charge in [-0.25, -0.2) is 9.97 Å². The number of hydrogen-bond acceptors (Lipinski definition) is 9. The molecule has 4 rings (SSSR count).